The zero-order valence-corrected chi connectivity index (χ0v) is 17.2. The average Bonchev–Trinajstić information content (AvgIpc) is 2.74. The first-order valence-electron chi connectivity index (χ1n) is 9.82. The second-order valence-electron chi connectivity index (χ2n) is 6.78. The van der Waals surface area contributed by atoms with Crippen molar-refractivity contribution >= 4 is 12.0 Å². The molecule has 29 heavy (non-hydrogen) atoms. The molecule has 2 heterocycles. The van der Waals surface area contributed by atoms with Gasteiger partial charge >= 0.3 is 5.97 Å². The van der Waals surface area contributed by atoms with Crippen molar-refractivity contribution in [3.05, 3.63) is 58.4 Å². The number of benzene rings is 1. The van der Waals surface area contributed by atoms with Gasteiger partial charge in [0.2, 0.25) is 0 Å². The summed E-state index contributed by atoms with van der Waals surface area (Å²) in [5.41, 5.74) is 5.03. The van der Waals surface area contributed by atoms with Gasteiger partial charge in [0.1, 0.15) is 11.5 Å². The number of aromatic nitrogens is 1. The molecule has 1 aliphatic heterocycles. The van der Waals surface area contributed by atoms with Gasteiger partial charge in [0.25, 0.3) is 0 Å². The topological polar surface area (TPSA) is 66.9 Å². The van der Waals surface area contributed by atoms with Gasteiger partial charge in [-0.05, 0) is 44.4 Å². The predicted molar refractivity (Wildman–Crippen MR) is 110 cm³/mol. The highest BCUT2D eigenvalue weighted by Gasteiger charge is 2.25. The van der Waals surface area contributed by atoms with Crippen molar-refractivity contribution in [2.75, 3.05) is 27.1 Å². The minimum atomic E-state index is -0.379. The molecule has 0 fully saturated rings. The van der Waals surface area contributed by atoms with E-state index in [1.165, 1.54) is 6.08 Å². The lowest BCUT2D eigenvalue weighted by molar-refractivity contribution is -0.137. The number of methoxy groups -OCH3 is 1. The Hall–Kier alpha value is -2.86. The van der Waals surface area contributed by atoms with E-state index in [2.05, 4.69) is 4.98 Å². The van der Waals surface area contributed by atoms with Gasteiger partial charge in [-0.25, -0.2) is 4.79 Å². The molecule has 0 unspecified atom stereocenters. The fourth-order valence-electron chi connectivity index (χ4n) is 3.56. The van der Waals surface area contributed by atoms with Crippen molar-refractivity contribution in [2.45, 2.75) is 33.1 Å². The Morgan fingerprint density at radius 3 is 2.97 bits per heavy atom. The van der Waals surface area contributed by atoms with E-state index in [0.717, 1.165) is 52.2 Å². The summed E-state index contributed by atoms with van der Waals surface area (Å²) in [4.78, 5) is 16.1. The highest BCUT2D eigenvalue weighted by Crippen LogP contribution is 2.43. The van der Waals surface area contributed by atoms with Crippen molar-refractivity contribution in [1.82, 2.24) is 4.98 Å². The van der Waals surface area contributed by atoms with E-state index in [9.17, 15) is 4.79 Å². The van der Waals surface area contributed by atoms with E-state index in [1.807, 2.05) is 25.3 Å². The zero-order valence-electron chi connectivity index (χ0n) is 17.2. The standard InChI is InChI=1S/C23H27NO5/c1-4-27-21(25)10-9-18-16(2)22(29-15-26-3)20(13-17-7-5-11-24-14-17)19-8-6-12-28-23(18)19/h5,7,9-11,14H,4,6,8,12-13,15H2,1-3H3/b10-9+. The molecule has 1 aliphatic rings. The maximum Gasteiger partial charge on any atom is 0.330 e. The maximum atomic E-state index is 11.9. The Balaban J connectivity index is 2.12. The van der Waals surface area contributed by atoms with E-state index in [1.54, 1.807) is 26.3 Å². The molecule has 0 saturated heterocycles. The van der Waals surface area contributed by atoms with Crippen LogP contribution in [0.2, 0.25) is 0 Å². The average molecular weight is 397 g/mol. The van der Waals surface area contributed by atoms with E-state index in [0.29, 0.717) is 19.6 Å². The third-order valence-corrected chi connectivity index (χ3v) is 4.82. The minimum Gasteiger partial charge on any atom is -0.493 e. The van der Waals surface area contributed by atoms with Gasteiger partial charge < -0.3 is 18.9 Å². The second-order valence-corrected chi connectivity index (χ2v) is 6.78. The molecule has 0 saturated carbocycles. The third kappa shape index (κ3) is 4.95. The lowest BCUT2D eigenvalue weighted by Crippen LogP contribution is -2.16. The maximum absolute atomic E-state index is 11.9. The van der Waals surface area contributed by atoms with Crippen molar-refractivity contribution in [3.63, 3.8) is 0 Å². The number of fused-ring (bicyclic) bond motifs is 1. The highest BCUT2D eigenvalue weighted by molar-refractivity contribution is 5.88. The molecule has 0 atom stereocenters. The van der Waals surface area contributed by atoms with Crippen LogP contribution in [0.4, 0.5) is 0 Å². The van der Waals surface area contributed by atoms with Crippen LogP contribution >= 0.6 is 0 Å². The van der Waals surface area contributed by atoms with Crippen LogP contribution in [0.15, 0.2) is 30.6 Å². The molecular formula is C23H27NO5. The molecular weight excluding hydrogens is 370 g/mol. The van der Waals surface area contributed by atoms with Crippen LogP contribution in [0, 0.1) is 6.92 Å². The molecule has 1 aromatic heterocycles. The van der Waals surface area contributed by atoms with E-state index < -0.39 is 0 Å². The monoisotopic (exact) mass is 397 g/mol. The van der Waals surface area contributed by atoms with Gasteiger partial charge in [-0.1, -0.05) is 6.07 Å². The summed E-state index contributed by atoms with van der Waals surface area (Å²) in [6.45, 7) is 4.88. The van der Waals surface area contributed by atoms with Crippen LogP contribution < -0.4 is 9.47 Å². The normalized spacial score (nSPS) is 13.1. The lowest BCUT2D eigenvalue weighted by Gasteiger charge is -2.27. The Kier molecular flexibility index (Phi) is 7.25. The number of carbonyl (C=O) groups excluding carboxylic acids is 1. The van der Waals surface area contributed by atoms with Gasteiger partial charge in [0, 0.05) is 54.3 Å². The van der Waals surface area contributed by atoms with Crippen molar-refractivity contribution < 1.29 is 23.7 Å². The second kappa shape index (κ2) is 10.1. The Labute approximate surface area is 171 Å². The summed E-state index contributed by atoms with van der Waals surface area (Å²) in [7, 11) is 1.60. The van der Waals surface area contributed by atoms with E-state index >= 15 is 0 Å². The first-order valence-corrected chi connectivity index (χ1v) is 9.82. The van der Waals surface area contributed by atoms with Gasteiger partial charge in [-0.3, -0.25) is 4.98 Å². The summed E-state index contributed by atoms with van der Waals surface area (Å²) >= 11 is 0. The largest absolute Gasteiger partial charge is 0.493 e. The van der Waals surface area contributed by atoms with Crippen LogP contribution in [0.1, 0.15) is 41.2 Å². The fourth-order valence-corrected chi connectivity index (χ4v) is 3.56. The van der Waals surface area contributed by atoms with E-state index in [-0.39, 0.29) is 12.8 Å². The van der Waals surface area contributed by atoms with Gasteiger partial charge in [-0.15, -0.1) is 0 Å². The van der Waals surface area contributed by atoms with Crippen molar-refractivity contribution in [2.24, 2.45) is 0 Å². The lowest BCUT2D eigenvalue weighted by atomic mass is 9.89. The van der Waals surface area contributed by atoms with Crippen LogP contribution in [-0.4, -0.2) is 38.1 Å². The molecule has 6 heteroatoms. The van der Waals surface area contributed by atoms with Gasteiger partial charge in [0.05, 0.1) is 13.2 Å². The first-order chi connectivity index (χ1) is 14.2. The molecule has 0 aliphatic carbocycles. The number of esters is 1. The molecule has 154 valence electrons. The molecule has 3 rings (SSSR count). The molecule has 1 aromatic carbocycles. The molecule has 0 N–H and O–H groups in total. The number of ether oxygens (including phenoxy) is 4. The Morgan fingerprint density at radius 2 is 2.24 bits per heavy atom. The highest BCUT2D eigenvalue weighted by atomic mass is 16.7. The predicted octanol–water partition coefficient (Wildman–Crippen LogP) is 3.86. The van der Waals surface area contributed by atoms with Gasteiger partial charge in [-0.2, -0.15) is 0 Å². The Bertz CT molecular complexity index is 877. The van der Waals surface area contributed by atoms with Crippen LogP contribution in [-0.2, 0) is 27.1 Å². The molecule has 6 nitrogen and oxygen atoms in total. The van der Waals surface area contributed by atoms with E-state index in [4.69, 9.17) is 18.9 Å². The molecule has 2 aromatic rings. The number of nitrogens with zero attached hydrogens (tertiary/aromatic N) is 1. The molecule has 0 spiro atoms. The van der Waals surface area contributed by atoms with Crippen molar-refractivity contribution in [1.29, 1.82) is 0 Å². The summed E-state index contributed by atoms with van der Waals surface area (Å²) in [5.74, 6) is 1.21. The summed E-state index contributed by atoms with van der Waals surface area (Å²) < 4.78 is 22.2. The molecule has 0 radical (unpaired) electrons. The minimum absolute atomic E-state index is 0.140. The number of hydrogen-bond acceptors (Lipinski definition) is 6. The zero-order chi connectivity index (χ0) is 20.6. The molecule has 0 bridgehead atoms. The van der Waals surface area contributed by atoms with Crippen LogP contribution in [0.3, 0.4) is 0 Å². The number of pyridine rings is 1. The number of carbonyl (C=O) groups is 1. The van der Waals surface area contributed by atoms with Crippen molar-refractivity contribution in [3.8, 4) is 11.5 Å². The number of rotatable bonds is 8. The summed E-state index contributed by atoms with van der Waals surface area (Å²) in [6.07, 6.45) is 9.31. The SMILES string of the molecule is CCOC(=O)/C=C/c1c(C)c(OCOC)c(Cc2cccnc2)c2c1OCCC2. The molecule has 0 amide bonds. The summed E-state index contributed by atoms with van der Waals surface area (Å²) in [6, 6.07) is 3.98. The smallest absolute Gasteiger partial charge is 0.330 e. The summed E-state index contributed by atoms with van der Waals surface area (Å²) in [5, 5.41) is 0. The third-order valence-electron chi connectivity index (χ3n) is 4.82. The van der Waals surface area contributed by atoms with Crippen LogP contribution in [0.25, 0.3) is 6.08 Å². The van der Waals surface area contributed by atoms with Crippen LogP contribution in [0.5, 0.6) is 11.5 Å². The first kappa shape index (κ1) is 20.9. The quantitative estimate of drug-likeness (QED) is 0.383. The Morgan fingerprint density at radius 1 is 1.38 bits per heavy atom. The number of hydrogen-bond donors (Lipinski definition) is 0. The fraction of sp³-hybridized carbons (Fsp3) is 0.391. The van der Waals surface area contributed by atoms with Gasteiger partial charge in [0.15, 0.2) is 6.79 Å².